The lowest BCUT2D eigenvalue weighted by atomic mass is 9.92. The zero-order valence-corrected chi connectivity index (χ0v) is 20.1. The summed E-state index contributed by atoms with van der Waals surface area (Å²) in [6, 6.07) is 13.7. The Kier molecular flexibility index (Phi) is 6.48. The van der Waals surface area contributed by atoms with Crippen molar-refractivity contribution in [2.45, 2.75) is 37.1 Å². The molecule has 0 bridgehead atoms. The summed E-state index contributed by atoms with van der Waals surface area (Å²) < 4.78 is 14.0. The van der Waals surface area contributed by atoms with Gasteiger partial charge in [-0.2, -0.15) is 5.26 Å². The maximum Gasteiger partial charge on any atom is 0.204 e. The highest BCUT2D eigenvalue weighted by atomic mass is 35.5. The summed E-state index contributed by atoms with van der Waals surface area (Å²) in [6.07, 6.45) is 4.29. The van der Waals surface area contributed by atoms with Gasteiger partial charge in [0, 0.05) is 37.2 Å². The maximum absolute atomic E-state index is 14.0. The number of rotatable bonds is 10. The Labute approximate surface area is 204 Å². The number of imidazole rings is 1. The van der Waals surface area contributed by atoms with Crippen LogP contribution in [-0.2, 0) is 5.41 Å². The third-order valence-corrected chi connectivity index (χ3v) is 7.83. The molecular weight excluding hydrogens is 451 g/mol. The van der Waals surface area contributed by atoms with Gasteiger partial charge in [-0.15, -0.1) is 0 Å². The lowest BCUT2D eigenvalue weighted by Crippen LogP contribution is -2.38. The van der Waals surface area contributed by atoms with Gasteiger partial charge in [-0.3, -0.25) is 0 Å². The van der Waals surface area contributed by atoms with E-state index in [9.17, 15) is 9.65 Å². The minimum atomic E-state index is -0.441. The van der Waals surface area contributed by atoms with Crippen LogP contribution in [0.5, 0.6) is 0 Å². The average Bonchev–Trinajstić information content (AvgIpc) is 3.27. The van der Waals surface area contributed by atoms with E-state index < -0.39 is 5.82 Å². The van der Waals surface area contributed by atoms with E-state index in [2.05, 4.69) is 38.7 Å². The number of nitrogens with zero attached hydrogens (tertiary/aromatic N) is 3. The smallest absolute Gasteiger partial charge is 0.204 e. The molecular formula is C26H30ClFN6. The number of benzene rings is 2. The van der Waals surface area contributed by atoms with Crippen LogP contribution in [0, 0.1) is 23.1 Å². The Hall–Kier alpha value is -2.66. The fourth-order valence-corrected chi connectivity index (χ4v) is 5.91. The van der Waals surface area contributed by atoms with E-state index in [1.165, 1.54) is 11.6 Å². The molecule has 0 aliphatic heterocycles. The monoisotopic (exact) mass is 480 g/mol. The largest absolute Gasteiger partial charge is 0.339 e. The number of aromatic nitrogens is 2. The average molecular weight is 481 g/mol. The van der Waals surface area contributed by atoms with Gasteiger partial charge in [0.2, 0.25) is 5.95 Å². The first-order chi connectivity index (χ1) is 16.6. The van der Waals surface area contributed by atoms with Crippen LogP contribution in [-0.4, -0.2) is 49.2 Å². The topological polar surface area (TPSA) is 79.8 Å². The summed E-state index contributed by atoms with van der Waals surface area (Å²) in [5, 5.41) is 16.1. The maximum atomic E-state index is 14.0. The van der Waals surface area contributed by atoms with Crippen molar-refractivity contribution in [3.05, 3.63) is 58.4 Å². The number of likely N-dealkylation sites (N-methyl/N-ethyl adjacent to an activating group) is 1. The first-order valence-corrected chi connectivity index (χ1v) is 12.4. The molecule has 3 N–H and O–H groups in total. The van der Waals surface area contributed by atoms with Gasteiger partial charge < -0.3 is 20.5 Å². The van der Waals surface area contributed by atoms with E-state index >= 15 is 0 Å². The van der Waals surface area contributed by atoms with Crippen LogP contribution in [0.3, 0.4) is 0 Å². The molecule has 2 aliphatic carbocycles. The second kappa shape index (κ2) is 9.53. The van der Waals surface area contributed by atoms with Crippen LogP contribution < -0.4 is 15.5 Å². The van der Waals surface area contributed by atoms with E-state index in [0.717, 1.165) is 63.4 Å². The molecule has 0 spiro atoms. The van der Waals surface area contributed by atoms with Crippen LogP contribution in [0.2, 0.25) is 5.02 Å². The van der Waals surface area contributed by atoms with Crippen molar-refractivity contribution in [3.63, 3.8) is 0 Å². The van der Waals surface area contributed by atoms with Gasteiger partial charge in [0.1, 0.15) is 5.82 Å². The highest BCUT2D eigenvalue weighted by Crippen LogP contribution is 2.65. The number of fused-ring (bicyclic) bond motifs is 2. The van der Waals surface area contributed by atoms with E-state index in [1.807, 2.05) is 19.2 Å². The standard InChI is InChI=1S/C26H30ClFN6/c1-30-9-10-31-8-3-11-34(25-32-22-13-20(27)21(28)14-23(22)33-25)24-6-7-26(15-19(24)26)18-5-2-4-17(12-18)16-29/h2,4-5,12-14,19,24,30-31H,3,6-11,15H2,1H3,(H,32,33)/t19?,24-,26-/m1/s1. The van der Waals surface area contributed by atoms with E-state index in [-0.39, 0.29) is 10.4 Å². The predicted molar refractivity (Wildman–Crippen MR) is 134 cm³/mol. The number of H-pyrrole nitrogens is 1. The number of anilines is 1. The van der Waals surface area contributed by atoms with Crippen molar-refractivity contribution in [1.29, 1.82) is 5.26 Å². The number of aromatic amines is 1. The molecule has 1 unspecified atom stereocenters. The molecule has 5 rings (SSSR count). The minimum Gasteiger partial charge on any atom is -0.339 e. The Balaban J connectivity index is 1.38. The van der Waals surface area contributed by atoms with Gasteiger partial charge in [-0.25, -0.2) is 9.37 Å². The number of hydrogen-bond acceptors (Lipinski definition) is 5. The Morgan fingerprint density at radius 1 is 1.29 bits per heavy atom. The molecule has 2 aliphatic rings. The molecule has 178 valence electrons. The van der Waals surface area contributed by atoms with Gasteiger partial charge in [0.05, 0.1) is 27.7 Å². The van der Waals surface area contributed by atoms with Crippen LogP contribution in [0.25, 0.3) is 11.0 Å². The van der Waals surface area contributed by atoms with Crippen LogP contribution in [0.4, 0.5) is 10.3 Å². The minimum absolute atomic E-state index is 0.0882. The van der Waals surface area contributed by atoms with Crippen molar-refractivity contribution in [2.24, 2.45) is 5.92 Å². The van der Waals surface area contributed by atoms with Gasteiger partial charge in [0.25, 0.3) is 0 Å². The molecule has 0 radical (unpaired) electrons. The molecule has 0 saturated heterocycles. The fourth-order valence-electron chi connectivity index (χ4n) is 5.75. The zero-order chi connectivity index (χ0) is 23.7. The molecule has 1 heterocycles. The Bertz CT molecular complexity index is 1180. The van der Waals surface area contributed by atoms with Crippen LogP contribution >= 0.6 is 11.6 Å². The molecule has 2 aromatic carbocycles. The number of nitrogens with one attached hydrogen (secondary N) is 3. The summed E-state index contributed by atoms with van der Waals surface area (Å²) in [4.78, 5) is 10.6. The molecule has 2 saturated carbocycles. The predicted octanol–water partition coefficient (Wildman–Crippen LogP) is 4.35. The molecule has 34 heavy (non-hydrogen) atoms. The van der Waals surface area contributed by atoms with Crippen molar-refractivity contribution in [3.8, 4) is 6.07 Å². The quantitative estimate of drug-likeness (QED) is 0.376. The molecule has 3 aromatic rings. The third-order valence-electron chi connectivity index (χ3n) is 7.54. The molecule has 2 fully saturated rings. The van der Waals surface area contributed by atoms with E-state index in [0.29, 0.717) is 23.0 Å². The third kappa shape index (κ3) is 4.26. The number of hydrogen-bond donors (Lipinski definition) is 3. The van der Waals surface area contributed by atoms with Crippen molar-refractivity contribution in [1.82, 2.24) is 20.6 Å². The number of halogens is 2. The Morgan fingerprint density at radius 3 is 2.97 bits per heavy atom. The molecule has 3 atom stereocenters. The summed E-state index contributed by atoms with van der Waals surface area (Å²) in [5.74, 6) is 0.863. The normalized spacial score (nSPS) is 23.1. The zero-order valence-electron chi connectivity index (χ0n) is 19.4. The van der Waals surface area contributed by atoms with Gasteiger partial charge in [0.15, 0.2) is 0 Å². The second-order valence-corrected chi connectivity index (χ2v) is 9.92. The van der Waals surface area contributed by atoms with Crippen molar-refractivity contribution >= 4 is 28.6 Å². The first-order valence-electron chi connectivity index (χ1n) is 12.0. The van der Waals surface area contributed by atoms with E-state index in [1.54, 1.807) is 6.07 Å². The lowest BCUT2D eigenvalue weighted by Gasteiger charge is -2.30. The Morgan fingerprint density at radius 2 is 2.18 bits per heavy atom. The van der Waals surface area contributed by atoms with Crippen molar-refractivity contribution < 1.29 is 4.39 Å². The molecule has 1 aromatic heterocycles. The van der Waals surface area contributed by atoms with E-state index in [4.69, 9.17) is 16.6 Å². The summed E-state index contributed by atoms with van der Waals surface area (Å²) in [6.45, 7) is 3.65. The van der Waals surface area contributed by atoms with Crippen LogP contribution in [0.1, 0.15) is 36.8 Å². The molecule has 0 amide bonds. The van der Waals surface area contributed by atoms with Gasteiger partial charge >= 0.3 is 0 Å². The summed E-state index contributed by atoms with van der Waals surface area (Å²) in [7, 11) is 1.95. The van der Waals surface area contributed by atoms with Gasteiger partial charge in [-0.1, -0.05) is 23.7 Å². The first kappa shape index (κ1) is 23.1. The number of nitriles is 1. The molecule has 6 nitrogen and oxygen atoms in total. The summed E-state index contributed by atoms with van der Waals surface area (Å²) >= 11 is 6.01. The van der Waals surface area contributed by atoms with Crippen LogP contribution in [0.15, 0.2) is 36.4 Å². The fraction of sp³-hybridized carbons (Fsp3) is 0.462. The highest BCUT2D eigenvalue weighted by Gasteiger charge is 2.63. The SMILES string of the molecule is CNCCNCCCN(c1nc2cc(Cl)c(F)cc2[nH]1)[C@@H]1CC[C@]2(c3cccc(C#N)c3)CC12. The second-order valence-electron chi connectivity index (χ2n) is 9.51. The van der Waals surface area contributed by atoms with Gasteiger partial charge in [-0.05, 0) is 69.0 Å². The van der Waals surface area contributed by atoms with Crippen molar-refractivity contribution in [2.75, 3.05) is 38.1 Å². The lowest BCUT2D eigenvalue weighted by molar-refractivity contribution is 0.519. The molecule has 8 heteroatoms. The summed E-state index contributed by atoms with van der Waals surface area (Å²) in [5.41, 5.74) is 3.51. The highest BCUT2D eigenvalue weighted by molar-refractivity contribution is 6.31.